The molecule has 0 aromatic carbocycles. The van der Waals surface area contributed by atoms with Crippen LogP contribution in [-0.4, -0.2) is 37.4 Å². The fourth-order valence-electron chi connectivity index (χ4n) is 0.799. The number of nitrogens with two attached hydrogens (primary N) is 1. The van der Waals surface area contributed by atoms with Gasteiger partial charge in [-0.05, 0) is 0 Å². The smallest absolute Gasteiger partial charge is 0.113 e. The van der Waals surface area contributed by atoms with Gasteiger partial charge in [0.25, 0.3) is 0 Å². The molecule has 0 saturated heterocycles. The minimum Gasteiger partial charge on any atom is -0.361 e. The van der Waals surface area contributed by atoms with Gasteiger partial charge in [0.05, 0.1) is 13.1 Å². The van der Waals surface area contributed by atoms with Crippen LogP contribution in [0.25, 0.3) is 0 Å². The highest BCUT2D eigenvalue weighted by atomic mass is 35.5. The molecule has 1 heterocycles. The number of halogens is 2. The van der Waals surface area contributed by atoms with E-state index in [0.29, 0.717) is 6.54 Å². The monoisotopic (exact) mass is 185 g/mol. The largest absolute Gasteiger partial charge is 0.361 e. The minimum absolute atomic E-state index is 0. The maximum absolute atomic E-state index is 5.35. The third kappa shape index (κ3) is 2.73. The summed E-state index contributed by atoms with van der Waals surface area (Å²) in [4.78, 5) is 6.24. The third-order valence-corrected chi connectivity index (χ3v) is 1.35. The van der Waals surface area contributed by atoms with Gasteiger partial charge >= 0.3 is 0 Å². The van der Waals surface area contributed by atoms with Gasteiger partial charge in [-0.25, -0.2) is 0 Å². The van der Waals surface area contributed by atoms with Gasteiger partial charge in [0.2, 0.25) is 0 Å². The van der Waals surface area contributed by atoms with Crippen LogP contribution in [-0.2, 0) is 0 Å². The fraction of sp³-hybridized carbons (Fsp3) is 0.800. The lowest BCUT2D eigenvalue weighted by molar-refractivity contribution is 0.550. The standard InChI is InChI=1S/C5H11N3.2ClH/c1-8-3-2-7-5(8)4-6;;/h2-4,6H2,1H3;2*1H. The lowest BCUT2D eigenvalue weighted by atomic mass is 10.5. The Balaban J connectivity index is 0. The van der Waals surface area contributed by atoms with Gasteiger partial charge < -0.3 is 10.6 Å². The summed E-state index contributed by atoms with van der Waals surface area (Å²) in [5.41, 5.74) is 5.35. The molecule has 1 aliphatic heterocycles. The molecule has 0 radical (unpaired) electrons. The zero-order valence-corrected chi connectivity index (χ0v) is 7.54. The van der Waals surface area contributed by atoms with E-state index in [2.05, 4.69) is 9.89 Å². The van der Waals surface area contributed by atoms with Crippen LogP contribution in [0.3, 0.4) is 0 Å². The van der Waals surface area contributed by atoms with Crippen molar-refractivity contribution in [2.45, 2.75) is 0 Å². The summed E-state index contributed by atoms with van der Waals surface area (Å²) >= 11 is 0. The molecule has 1 aliphatic rings. The van der Waals surface area contributed by atoms with Gasteiger partial charge in [-0.3, -0.25) is 4.99 Å². The van der Waals surface area contributed by atoms with Crippen molar-refractivity contribution >= 4 is 30.6 Å². The Kier molecular flexibility index (Phi) is 7.31. The highest BCUT2D eigenvalue weighted by Gasteiger charge is 2.08. The first kappa shape index (κ1) is 12.7. The number of nitrogens with zero attached hydrogens (tertiary/aromatic N) is 2. The van der Waals surface area contributed by atoms with Crippen molar-refractivity contribution in [3.8, 4) is 0 Å². The molecule has 0 atom stereocenters. The van der Waals surface area contributed by atoms with Crippen LogP contribution in [0, 0.1) is 0 Å². The molecule has 10 heavy (non-hydrogen) atoms. The van der Waals surface area contributed by atoms with Crippen molar-refractivity contribution in [1.82, 2.24) is 4.90 Å². The quantitative estimate of drug-likeness (QED) is 0.632. The molecule has 0 amide bonds. The topological polar surface area (TPSA) is 41.6 Å². The molecule has 5 heteroatoms. The first-order valence-electron chi connectivity index (χ1n) is 2.79. The Morgan fingerprint density at radius 2 is 2.20 bits per heavy atom. The molecule has 62 valence electrons. The molecule has 0 aromatic heterocycles. The van der Waals surface area contributed by atoms with Crippen LogP contribution in [0.1, 0.15) is 0 Å². The van der Waals surface area contributed by atoms with Crippen LogP contribution in [0.4, 0.5) is 0 Å². The summed E-state index contributed by atoms with van der Waals surface area (Å²) < 4.78 is 0. The number of hydrogen-bond acceptors (Lipinski definition) is 3. The van der Waals surface area contributed by atoms with Gasteiger partial charge in [0, 0.05) is 13.6 Å². The molecule has 0 bridgehead atoms. The van der Waals surface area contributed by atoms with Gasteiger partial charge in [0.15, 0.2) is 0 Å². The van der Waals surface area contributed by atoms with Crippen molar-refractivity contribution in [2.75, 3.05) is 26.7 Å². The molecule has 0 saturated carbocycles. The lowest BCUT2D eigenvalue weighted by Crippen LogP contribution is -2.28. The predicted molar refractivity (Wildman–Crippen MR) is 48.5 cm³/mol. The zero-order chi connectivity index (χ0) is 5.98. The first-order valence-corrected chi connectivity index (χ1v) is 2.79. The van der Waals surface area contributed by atoms with Crippen molar-refractivity contribution in [1.29, 1.82) is 0 Å². The van der Waals surface area contributed by atoms with E-state index in [9.17, 15) is 0 Å². The first-order chi connectivity index (χ1) is 3.84. The molecule has 0 unspecified atom stereocenters. The fourth-order valence-corrected chi connectivity index (χ4v) is 0.799. The van der Waals surface area contributed by atoms with E-state index in [-0.39, 0.29) is 24.8 Å². The number of amidine groups is 1. The van der Waals surface area contributed by atoms with Gasteiger partial charge in [-0.2, -0.15) is 0 Å². The number of rotatable bonds is 1. The third-order valence-electron chi connectivity index (χ3n) is 1.35. The van der Waals surface area contributed by atoms with Gasteiger partial charge in [-0.15, -0.1) is 24.8 Å². The van der Waals surface area contributed by atoms with Crippen molar-refractivity contribution in [2.24, 2.45) is 10.7 Å². The minimum atomic E-state index is 0. The average molecular weight is 186 g/mol. The second-order valence-corrected chi connectivity index (χ2v) is 1.92. The lowest BCUT2D eigenvalue weighted by Gasteiger charge is -2.10. The van der Waals surface area contributed by atoms with Gasteiger partial charge in [0.1, 0.15) is 5.84 Å². The molecule has 1 rings (SSSR count). The zero-order valence-electron chi connectivity index (χ0n) is 5.91. The van der Waals surface area contributed by atoms with Crippen LogP contribution in [0.15, 0.2) is 4.99 Å². The van der Waals surface area contributed by atoms with Crippen molar-refractivity contribution < 1.29 is 0 Å². The maximum atomic E-state index is 5.35. The summed E-state index contributed by atoms with van der Waals surface area (Å²) in [5, 5.41) is 0. The van der Waals surface area contributed by atoms with E-state index in [1.165, 1.54) is 0 Å². The Bertz CT molecular complexity index is 115. The number of likely N-dealkylation sites (N-methyl/N-ethyl adjacent to an activating group) is 1. The second kappa shape index (κ2) is 5.77. The average Bonchev–Trinajstić information content (AvgIpc) is 2.14. The van der Waals surface area contributed by atoms with E-state index in [4.69, 9.17) is 5.73 Å². The van der Waals surface area contributed by atoms with Crippen molar-refractivity contribution in [3.05, 3.63) is 0 Å². The molecule has 0 fully saturated rings. The molecule has 0 spiro atoms. The normalized spacial score (nSPS) is 15.4. The van der Waals surface area contributed by atoms with Crippen molar-refractivity contribution in [3.63, 3.8) is 0 Å². The summed E-state index contributed by atoms with van der Waals surface area (Å²) in [7, 11) is 2.01. The molecule has 3 nitrogen and oxygen atoms in total. The van der Waals surface area contributed by atoms with Gasteiger partial charge in [-0.1, -0.05) is 0 Å². The van der Waals surface area contributed by atoms with Crippen LogP contribution < -0.4 is 5.73 Å². The van der Waals surface area contributed by atoms with E-state index >= 15 is 0 Å². The van der Waals surface area contributed by atoms with E-state index in [1.807, 2.05) is 7.05 Å². The highest BCUT2D eigenvalue weighted by molar-refractivity contribution is 5.85. The summed E-state index contributed by atoms with van der Waals surface area (Å²) in [5.74, 6) is 1.03. The molecular formula is C5H13Cl2N3. The summed E-state index contributed by atoms with van der Waals surface area (Å²) in [6.45, 7) is 2.53. The van der Waals surface area contributed by atoms with E-state index in [0.717, 1.165) is 18.9 Å². The van der Waals surface area contributed by atoms with Crippen LogP contribution in [0.5, 0.6) is 0 Å². The van der Waals surface area contributed by atoms with E-state index in [1.54, 1.807) is 0 Å². The summed E-state index contributed by atoms with van der Waals surface area (Å²) in [6, 6.07) is 0. The summed E-state index contributed by atoms with van der Waals surface area (Å²) in [6.07, 6.45) is 0. The Labute approximate surface area is 73.5 Å². The Morgan fingerprint density at radius 3 is 2.40 bits per heavy atom. The maximum Gasteiger partial charge on any atom is 0.113 e. The Morgan fingerprint density at radius 1 is 1.60 bits per heavy atom. The van der Waals surface area contributed by atoms with Crippen LogP contribution in [0.2, 0.25) is 0 Å². The SMILES string of the molecule is CN1CCN=C1CN.Cl.Cl. The molecule has 2 N–H and O–H groups in total. The number of hydrogen-bond donors (Lipinski definition) is 1. The highest BCUT2D eigenvalue weighted by Crippen LogP contribution is 1.94. The molecule has 0 aromatic rings. The predicted octanol–water partition coefficient (Wildman–Crippen LogP) is 0.133. The number of aliphatic imine (C=N–C) groups is 1. The second-order valence-electron chi connectivity index (χ2n) is 1.92. The van der Waals surface area contributed by atoms with Crippen LogP contribution >= 0.6 is 24.8 Å². The molecule has 0 aliphatic carbocycles. The van der Waals surface area contributed by atoms with E-state index < -0.39 is 0 Å². The Hall–Kier alpha value is 0.01000. The molecular weight excluding hydrogens is 173 g/mol.